The normalized spacial score (nSPS) is 11.4. The van der Waals surface area contributed by atoms with Crippen molar-refractivity contribution in [3.63, 3.8) is 0 Å². The number of halogens is 6. The summed E-state index contributed by atoms with van der Waals surface area (Å²) >= 11 is 6.05. The highest BCUT2D eigenvalue weighted by Crippen LogP contribution is 2.45. The van der Waals surface area contributed by atoms with Gasteiger partial charge in [0.05, 0.1) is 41.8 Å². The average molecular weight is 621 g/mol. The highest BCUT2D eigenvalue weighted by Gasteiger charge is 2.40. The van der Waals surface area contributed by atoms with E-state index in [9.17, 15) is 18.0 Å². The van der Waals surface area contributed by atoms with Gasteiger partial charge >= 0.3 is 6.18 Å². The number of aryl methyl sites for hydroxylation is 1. The lowest BCUT2D eigenvalue weighted by molar-refractivity contribution is -0.137. The molecule has 226 valence electrons. The maximum atomic E-state index is 15.6. The van der Waals surface area contributed by atoms with Crippen molar-refractivity contribution in [1.82, 2.24) is 4.98 Å². The predicted molar refractivity (Wildman–Crippen MR) is 153 cm³/mol. The van der Waals surface area contributed by atoms with Gasteiger partial charge in [-0.15, -0.1) is 0 Å². The van der Waals surface area contributed by atoms with Crippen LogP contribution in [0, 0.1) is 18.6 Å². The molecule has 0 spiro atoms. The summed E-state index contributed by atoms with van der Waals surface area (Å²) in [6.45, 7) is 1.47. The van der Waals surface area contributed by atoms with Gasteiger partial charge in [-0.25, -0.2) is 13.8 Å². The number of benzene rings is 3. The van der Waals surface area contributed by atoms with Crippen molar-refractivity contribution in [2.24, 2.45) is 5.73 Å². The Balaban J connectivity index is 1.96. The molecule has 4 rings (SSSR count). The Labute approximate surface area is 248 Å². The third-order valence-corrected chi connectivity index (χ3v) is 7.07. The quantitative estimate of drug-likeness (QED) is 0.120. The fourth-order valence-electron chi connectivity index (χ4n) is 4.60. The zero-order valence-corrected chi connectivity index (χ0v) is 23.9. The molecule has 1 amide bonds. The molecule has 3 aromatic carbocycles. The summed E-state index contributed by atoms with van der Waals surface area (Å²) < 4.78 is 84.3. The molecule has 0 fully saturated rings. The van der Waals surface area contributed by atoms with E-state index in [2.05, 4.69) is 4.98 Å². The molecule has 0 radical (unpaired) electrons. The zero-order chi connectivity index (χ0) is 31.6. The van der Waals surface area contributed by atoms with Crippen molar-refractivity contribution in [3.05, 3.63) is 99.1 Å². The molecule has 4 N–H and O–H groups in total. The Bertz CT molecular complexity index is 1580. The molecule has 0 aliphatic carbocycles. The molecule has 13 heteroatoms. The third kappa shape index (κ3) is 6.43. The standard InChI is InChI=1S/C30H26ClF5N4O3/c1-15-12-20(40(13-16-4-8-18(42-2)9-5-16)14-17-6-10-19(43-3)11-7-17)39-28(23(15)30(34,35)36)21-24(31)25(32)22(29(38)41)27(37)26(21)33/h4-12H,13-14,37H2,1-3H3,(H2,38,41). The van der Waals surface area contributed by atoms with Gasteiger partial charge in [0.2, 0.25) is 0 Å². The third-order valence-electron chi connectivity index (χ3n) is 6.72. The summed E-state index contributed by atoms with van der Waals surface area (Å²) in [4.78, 5) is 17.6. The Hall–Kier alpha value is -4.58. The van der Waals surface area contributed by atoms with Crippen molar-refractivity contribution in [1.29, 1.82) is 0 Å². The van der Waals surface area contributed by atoms with Crippen molar-refractivity contribution in [2.75, 3.05) is 24.9 Å². The maximum absolute atomic E-state index is 15.6. The van der Waals surface area contributed by atoms with E-state index in [0.717, 1.165) is 11.1 Å². The van der Waals surface area contributed by atoms with Crippen LogP contribution in [0.1, 0.15) is 32.6 Å². The van der Waals surface area contributed by atoms with Crippen molar-refractivity contribution in [3.8, 4) is 22.8 Å². The molecule has 0 aliphatic heterocycles. The molecule has 0 unspecified atom stereocenters. The van der Waals surface area contributed by atoms with Crippen LogP contribution < -0.4 is 25.8 Å². The number of hydrogen-bond acceptors (Lipinski definition) is 6. The number of methoxy groups -OCH3 is 2. The largest absolute Gasteiger partial charge is 0.497 e. The van der Waals surface area contributed by atoms with Crippen LogP contribution in [0.5, 0.6) is 11.5 Å². The highest BCUT2D eigenvalue weighted by atomic mass is 35.5. The highest BCUT2D eigenvalue weighted by molar-refractivity contribution is 6.34. The minimum atomic E-state index is -5.05. The summed E-state index contributed by atoms with van der Waals surface area (Å²) in [7, 11) is 3.02. The number of carbonyl (C=O) groups excluding carboxylic acids is 1. The van der Waals surface area contributed by atoms with Gasteiger partial charge in [0.15, 0.2) is 11.6 Å². The average Bonchev–Trinajstić information content (AvgIpc) is 2.95. The lowest BCUT2D eigenvalue weighted by atomic mass is 9.97. The van der Waals surface area contributed by atoms with Gasteiger partial charge in [0.25, 0.3) is 5.91 Å². The number of carbonyl (C=O) groups is 1. The SMILES string of the molecule is COc1ccc(CN(Cc2ccc(OC)cc2)c2cc(C)c(C(F)(F)F)c(-c3c(F)c(N)c(C(N)=O)c(F)c3Cl)n2)cc1. The van der Waals surface area contributed by atoms with E-state index in [1.807, 2.05) is 0 Å². The molecule has 0 atom stereocenters. The van der Waals surface area contributed by atoms with Crippen LogP contribution in [0.25, 0.3) is 11.3 Å². The van der Waals surface area contributed by atoms with Gasteiger partial charge in [-0.1, -0.05) is 35.9 Å². The molecule has 43 heavy (non-hydrogen) atoms. The molecule has 0 bridgehead atoms. The van der Waals surface area contributed by atoms with Gasteiger partial charge in [0.1, 0.15) is 22.9 Å². The first-order valence-corrected chi connectivity index (χ1v) is 13.0. The van der Waals surface area contributed by atoms with E-state index < -0.39 is 56.8 Å². The minimum absolute atomic E-state index is 0.000519. The number of rotatable bonds is 9. The van der Waals surface area contributed by atoms with Crippen LogP contribution in [0.2, 0.25) is 5.02 Å². The number of aromatic nitrogens is 1. The van der Waals surface area contributed by atoms with Crippen LogP contribution in [-0.2, 0) is 19.3 Å². The van der Waals surface area contributed by atoms with E-state index in [-0.39, 0.29) is 24.5 Å². The van der Waals surface area contributed by atoms with E-state index >= 15 is 8.78 Å². The van der Waals surface area contributed by atoms with E-state index in [4.69, 9.17) is 32.5 Å². The molecule has 0 aliphatic rings. The first-order valence-electron chi connectivity index (χ1n) is 12.6. The maximum Gasteiger partial charge on any atom is 0.418 e. The van der Waals surface area contributed by atoms with E-state index in [1.54, 1.807) is 53.4 Å². The molecular formula is C30H26ClF5N4O3. The topological polar surface area (TPSA) is 104 Å². The predicted octanol–water partition coefficient (Wildman–Crippen LogP) is 6.91. The van der Waals surface area contributed by atoms with Gasteiger partial charge in [-0.05, 0) is 53.9 Å². The number of pyridine rings is 1. The zero-order valence-electron chi connectivity index (χ0n) is 23.2. The van der Waals surface area contributed by atoms with E-state index in [1.165, 1.54) is 27.2 Å². The van der Waals surface area contributed by atoms with Crippen LogP contribution in [0.3, 0.4) is 0 Å². The number of amides is 1. The summed E-state index contributed by atoms with van der Waals surface area (Å²) in [6, 6.07) is 15.2. The first-order chi connectivity index (χ1) is 20.3. The molecule has 1 aromatic heterocycles. The molecule has 0 saturated heterocycles. The van der Waals surface area contributed by atoms with Crippen LogP contribution >= 0.6 is 11.6 Å². The Morgan fingerprint density at radius 3 is 1.84 bits per heavy atom. The number of hydrogen-bond donors (Lipinski definition) is 2. The van der Waals surface area contributed by atoms with Crippen molar-refractivity contribution < 1.29 is 36.2 Å². The summed E-state index contributed by atoms with van der Waals surface area (Å²) in [5.74, 6) is -3.37. The summed E-state index contributed by atoms with van der Waals surface area (Å²) in [5.41, 5.74) is 6.34. The number of primary amides is 1. The number of anilines is 2. The lowest BCUT2D eigenvalue weighted by Gasteiger charge is -2.27. The Morgan fingerprint density at radius 1 is 0.930 bits per heavy atom. The summed E-state index contributed by atoms with van der Waals surface area (Å²) in [5, 5.41) is -1.12. The fraction of sp³-hybridized carbons (Fsp3) is 0.200. The number of ether oxygens (including phenoxy) is 2. The Morgan fingerprint density at radius 2 is 1.42 bits per heavy atom. The van der Waals surface area contributed by atoms with Crippen LogP contribution in [-0.4, -0.2) is 25.1 Å². The number of nitrogens with zero attached hydrogens (tertiary/aromatic N) is 2. The molecule has 0 saturated carbocycles. The van der Waals surface area contributed by atoms with Crippen molar-refractivity contribution in [2.45, 2.75) is 26.2 Å². The molecular weight excluding hydrogens is 595 g/mol. The van der Waals surface area contributed by atoms with Crippen LogP contribution in [0.15, 0.2) is 54.6 Å². The Kier molecular flexibility index (Phi) is 9.00. The number of nitrogens with two attached hydrogens (primary N) is 2. The monoisotopic (exact) mass is 620 g/mol. The molecule has 4 aromatic rings. The number of nitrogen functional groups attached to an aromatic ring is 1. The second kappa shape index (κ2) is 12.3. The summed E-state index contributed by atoms with van der Waals surface area (Å²) in [6.07, 6.45) is -5.05. The fourth-order valence-corrected chi connectivity index (χ4v) is 4.87. The van der Waals surface area contributed by atoms with E-state index in [0.29, 0.717) is 11.5 Å². The van der Waals surface area contributed by atoms with Crippen molar-refractivity contribution >= 4 is 29.0 Å². The first kappa shape index (κ1) is 31.4. The van der Waals surface area contributed by atoms with Crippen LogP contribution in [0.4, 0.5) is 33.5 Å². The van der Waals surface area contributed by atoms with Gasteiger partial charge in [-0.2, -0.15) is 13.2 Å². The smallest absolute Gasteiger partial charge is 0.418 e. The second-order valence-corrected chi connectivity index (χ2v) is 9.92. The van der Waals surface area contributed by atoms with Gasteiger partial charge < -0.3 is 25.8 Å². The number of alkyl halides is 3. The van der Waals surface area contributed by atoms with Gasteiger partial charge in [0, 0.05) is 13.1 Å². The molecule has 7 nitrogen and oxygen atoms in total. The lowest BCUT2D eigenvalue weighted by Crippen LogP contribution is -2.25. The molecule has 1 heterocycles. The minimum Gasteiger partial charge on any atom is -0.497 e. The van der Waals surface area contributed by atoms with Gasteiger partial charge in [-0.3, -0.25) is 4.79 Å². The second-order valence-electron chi connectivity index (χ2n) is 9.54.